The fourth-order valence-electron chi connectivity index (χ4n) is 3.87. The maximum absolute atomic E-state index is 12.8. The number of ether oxygens (including phenoxy) is 1. The van der Waals surface area contributed by atoms with E-state index in [-0.39, 0.29) is 5.56 Å². The Labute approximate surface area is 203 Å². The second-order valence-electron chi connectivity index (χ2n) is 7.92. The molecular weight excluding hydrogens is 448 g/mol. The van der Waals surface area contributed by atoms with Crippen LogP contribution in [0.5, 0.6) is 5.75 Å². The topological polar surface area (TPSA) is 63.6 Å². The van der Waals surface area contributed by atoms with Gasteiger partial charge in [0.25, 0.3) is 0 Å². The van der Waals surface area contributed by atoms with Gasteiger partial charge in [0.1, 0.15) is 5.75 Å². The highest BCUT2D eigenvalue weighted by Gasteiger charge is 2.25. The lowest BCUT2D eigenvalue weighted by Crippen LogP contribution is -2.18. The number of carbonyl (C=O) groups excluding carboxylic acids is 1. The SMILES string of the molecule is O=C(Oc1ccccc1)c1ccccc1C(CCc1ccc(-c2ccc(Cl)cc2)cc1)C(=O)O. The van der Waals surface area contributed by atoms with E-state index in [0.29, 0.717) is 29.2 Å². The fraction of sp³-hybridized carbons (Fsp3) is 0.103. The van der Waals surface area contributed by atoms with Crippen molar-refractivity contribution >= 4 is 23.5 Å². The van der Waals surface area contributed by atoms with Crippen molar-refractivity contribution in [3.05, 3.63) is 125 Å². The Kier molecular flexibility index (Phi) is 7.41. The predicted octanol–water partition coefficient (Wildman–Crippen LogP) is 7.03. The highest BCUT2D eigenvalue weighted by atomic mass is 35.5. The summed E-state index contributed by atoms with van der Waals surface area (Å²) in [6.45, 7) is 0. The zero-order valence-corrected chi connectivity index (χ0v) is 19.1. The fourth-order valence-corrected chi connectivity index (χ4v) is 3.99. The van der Waals surface area contributed by atoms with Crippen LogP contribution in [0.25, 0.3) is 11.1 Å². The zero-order chi connectivity index (χ0) is 23.9. The molecule has 5 heteroatoms. The van der Waals surface area contributed by atoms with Crippen LogP contribution >= 0.6 is 11.6 Å². The number of carboxylic acid groups (broad SMARTS) is 1. The lowest BCUT2D eigenvalue weighted by atomic mass is 9.89. The summed E-state index contributed by atoms with van der Waals surface area (Å²) in [6, 6.07) is 31.1. The number of halogens is 1. The van der Waals surface area contributed by atoms with Crippen molar-refractivity contribution in [1.82, 2.24) is 0 Å². The van der Waals surface area contributed by atoms with Crippen molar-refractivity contribution in [2.45, 2.75) is 18.8 Å². The molecule has 0 aliphatic carbocycles. The van der Waals surface area contributed by atoms with Gasteiger partial charge in [-0.1, -0.05) is 84.4 Å². The average Bonchev–Trinajstić information content (AvgIpc) is 2.86. The lowest BCUT2D eigenvalue weighted by Gasteiger charge is -2.16. The summed E-state index contributed by atoms with van der Waals surface area (Å²) in [5.41, 5.74) is 3.85. The number of carbonyl (C=O) groups is 2. The Bertz CT molecular complexity index is 1270. The summed E-state index contributed by atoms with van der Waals surface area (Å²) < 4.78 is 5.46. The molecule has 0 heterocycles. The molecule has 34 heavy (non-hydrogen) atoms. The number of aliphatic carboxylic acids is 1. The average molecular weight is 471 g/mol. The van der Waals surface area contributed by atoms with Gasteiger partial charge in [-0.15, -0.1) is 0 Å². The number of hydrogen-bond donors (Lipinski definition) is 1. The molecule has 4 nitrogen and oxygen atoms in total. The molecule has 0 saturated heterocycles. The maximum Gasteiger partial charge on any atom is 0.343 e. The van der Waals surface area contributed by atoms with Gasteiger partial charge in [0, 0.05) is 5.02 Å². The van der Waals surface area contributed by atoms with E-state index in [1.54, 1.807) is 48.5 Å². The molecule has 0 aromatic heterocycles. The third-order valence-corrected chi connectivity index (χ3v) is 5.91. The number of rotatable bonds is 8. The monoisotopic (exact) mass is 470 g/mol. The Morgan fingerprint density at radius 2 is 1.35 bits per heavy atom. The first kappa shape index (κ1) is 23.3. The van der Waals surface area contributed by atoms with Crippen molar-refractivity contribution in [3.63, 3.8) is 0 Å². The van der Waals surface area contributed by atoms with Gasteiger partial charge in [-0.2, -0.15) is 0 Å². The van der Waals surface area contributed by atoms with Crippen molar-refractivity contribution in [2.24, 2.45) is 0 Å². The Morgan fingerprint density at radius 1 is 0.765 bits per heavy atom. The quantitative estimate of drug-likeness (QED) is 0.222. The largest absolute Gasteiger partial charge is 0.481 e. The number of esters is 1. The zero-order valence-electron chi connectivity index (χ0n) is 18.4. The van der Waals surface area contributed by atoms with Crippen LogP contribution in [0.2, 0.25) is 5.02 Å². The first-order valence-electron chi connectivity index (χ1n) is 10.9. The summed E-state index contributed by atoms with van der Waals surface area (Å²) in [5, 5.41) is 10.6. The van der Waals surface area contributed by atoms with E-state index in [9.17, 15) is 14.7 Å². The predicted molar refractivity (Wildman–Crippen MR) is 133 cm³/mol. The standard InChI is InChI=1S/C29H23ClO4/c30-23-17-15-22(16-18-23)21-13-10-20(11-14-21)12-19-26(28(31)32)25-8-4-5-9-27(25)29(33)34-24-6-2-1-3-7-24/h1-11,13-18,26H,12,19H2,(H,31,32). The summed E-state index contributed by atoms with van der Waals surface area (Å²) in [4.78, 5) is 25.0. The number of para-hydroxylation sites is 1. The number of hydrogen-bond acceptors (Lipinski definition) is 3. The molecule has 4 aromatic rings. The minimum atomic E-state index is -0.974. The van der Waals surface area contributed by atoms with E-state index in [1.807, 2.05) is 54.6 Å². The molecular formula is C29H23ClO4. The third kappa shape index (κ3) is 5.72. The molecule has 0 spiro atoms. The van der Waals surface area contributed by atoms with Crippen LogP contribution in [0.1, 0.15) is 33.8 Å². The molecule has 1 unspecified atom stereocenters. The molecule has 4 rings (SSSR count). The molecule has 170 valence electrons. The van der Waals surface area contributed by atoms with Crippen LogP contribution in [0.3, 0.4) is 0 Å². The van der Waals surface area contributed by atoms with Gasteiger partial charge in [-0.3, -0.25) is 4.79 Å². The second kappa shape index (κ2) is 10.8. The van der Waals surface area contributed by atoms with Crippen LogP contribution in [0.15, 0.2) is 103 Å². The highest BCUT2D eigenvalue weighted by molar-refractivity contribution is 6.30. The minimum absolute atomic E-state index is 0.261. The van der Waals surface area contributed by atoms with Crippen LogP contribution in [-0.4, -0.2) is 17.0 Å². The third-order valence-electron chi connectivity index (χ3n) is 5.66. The Balaban J connectivity index is 1.49. The van der Waals surface area contributed by atoms with E-state index in [1.165, 1.54) is 0 Å². The van der Waals surface area contributed by atoms with Gasteiger partial charge in [0.2, 0.25) is 0 Å². The molecule has 0 aliphatic heterocycles. The van der Waals surface area contributed by atoms with E-state index >= 15 is 0 Å². The molecule has 4 aromatic carbocycles. The minimum Gasteiger partial charge on any atom is -0.481 e. The number of carboxylic acids is 1. The number of benzene rings is 4. The smallest absolute Gasteiger partial charge is 0.343 e. The first-order valence-corrected chi connectivity index (χ1v) is 11.3. The molecule has 0 fully saturated rings. The molecule has 0 saturated carbocycles. The lowest BCUT2D eigenvalue weighted by molar-refractivity contribution is -0.138. The Hall–Kier alpha value is -3.89. The molecule has 0 radical (unpaired) electrons. The summed E-state index contributed by atoms with van der Waals surface area (Å²) in [7, 11) is 0. The van der Waals surface area contributed by atoms with Crippen molar-refractivity contribution < 1.29 is 19.4 Å². The molecule has 1 N–H and O–H groups in total. The van der Waals surface area contributed by atoms with Crippen molar-refractivity contribution in [3.8, 4) is 16.9 Å². The van der Waals surface area contributed by atoms with Crippen LogP contribution in [0, 0.1) is 0 Å². The molecule has 0 bridgehead atoms. The molecule has 0 aliphatic rings. The second-order valence-corrected chi connectivity index (χ2v) is 8.36. The van der Waals surface area contributed by atoms with E-state index in [0.717, 1.165) is 16.7 Å². The summed E-state index contributed by atoms with van der Waals surface area (Å²) in [6.07, 6.45) is 0.908. The Morgan fingerprint density at radius 3 is 2.00 bits per heavy atom. The van der Waals surface area contributed by atoms with Crippen molar-refractivity contribution in [1.29, 1.82) is 0 Å². The first-order chi connectivity index (χ1) is 16.5. The molecule has 1 atom stereocenters. The van der Waals surface area contributed by atoms with E-state index in [2.05, 4.69) is 0 Å². The summed E-state index contributed by atoms with van der Waals surface area (Å²) >= 11 is 5.97. The van der Waals surface area contributed by atoms with Gasteiger partial charge in [0.15, 0.2) is 0 Å². The van der Waals surface area contributed by atoms with Gasteiger partial charge in [-0.05, 0) is 65.4 Å². The summed E-state index contributed by atoms with van der Waals surface area (Å²) in [5.74, 6) is -1.97. The van der Waals surface area contributed by atoms with Crippen LogP contribution in [0.4, 0.5) is 0 Å². The van der Waals surface area contributed by atoms with Gasteiger partial charge >= 0.3 is 11.9 Å². The van der Waals surface area contributed by atoms with Crippen LogP contribution < -0.4 is 4.74 Å². The normalized spacial score (nSPS) is 11.6. The number of aryl methyl sites for hydroxylation is 1. The van der Waals surface area contributed by atoms with Gasteiger partial charge in [0.05, 0.1) is 11.5 Å². The van der Waals surface area contributed by atoms with E-state index < -0.39 is 17.9 Å². The maximum atomic E-state index is 12.8. The van der Waals surface area contributed by atoms with Gasteiger partial charge < -0.3 is 9.84 Å². The van der Waals surface area contributed by atoms with E-state index in [4.69, 9.17) is 16.3 Å². The van der Waals surface area contributed by atoms with Gasteiger partial charge in [-0.25, -0.2) is 4.79 Å². The molecule has 0 amide bonds. The van der Waals surface area contributed by atoms with Crippen molar-refractivity contribution in [2.75, 3.05) is 0 Å². The highest BCUT2D eigenvalue weighted by Crippen LogP contribution is 2.28. The van der Waals surface area contributed by atoms with Crippen LogP contribution in [-0.2, 0) is 11.2 Å².